The van der Waals surface area contributed by atoms with Gasteiger partial charge in [0, 0.05) is 16.8 Å². The number of carbonyl (C=O) groups excluding carboxylic acids is 2. The molecule has 2 aromatic carbocycles. The average molecular weight is 445 g/mol. The van der Waals surface area contributed by atoms with E-state index in [1.807, 2.05) is 0 Å². The van der Waals surface area contributed by atoms with Crippen molar-refractivity contribution in [1.82, 2.24) is 0 Å². The van der Waals surface area contributed by atoms with Crippen molar-refractivity contribution in [2.75, 3.05) is 6.61 Å². The number of rotatable bonds is 6. The van der Waals surface area contributed by atoms with Gasteiger partial charge in [-0.15, -0.1) is 0 Å². The van der Waals surface area contributed by atoms with Crippen LogP contribution in [0.1, 0.15) is 30.4 Å². The molecule has 0 fully saturated rings. The standard InChI is InChI=1S/C21H17BrO6/c1-2-27-20(25)16(23)11-15(12-6-5-7-13(22)10-12)18-19(24)14-8-3-4-9-17(14)28-21(18)26/h3-10,15,24H,2,11H2,1H3/t15-/m1/s1. The van der Waals surface area contributed by atoms with Crippen LogP contribution in [0.4, 0.5) is 0 Å². The molecule has 1 atom stereocenters. The van der Waals surface area contributed by atoms with Crippen LogP contribution in [0.5, 0.6) is 5.75 Å². The van der Waals surface area contributed by atoms with Crippen LogP contribution in [0.25, 0.3) is 11.0 Å². The molecule has 3 rings (SSSR count). The fourth-order valence-electron chi connectivity index (χ4n) is 3.05. The first-order valence-electron chi connectivity index (χ1n) is 8.62. The van der Waals surface area contributed by atoms with E-state index in [1.54, 1.807) is 55.5 Å². The van der Waals surface area contributed by atoms with Gasteiger partial charge in [0.05, 0.1) is 17.6 Å². The number of ether oxygens (including phenoxy) is 1. The minimum atomic E-state index is -0.979. The number of aromatic hydroxyl groups is 1. The predicted molar refractivity (Wildman–Crippen MR) is 106 cm³/mol. The summed E-state index contributed by atoms with van der Waals surface area (Å²) in [5.41, 5.74) is -0.0318. The second-order valence-corrected chi connectivity index (χ2v) is 7.02. The maximum absolute atomic E-state index is 12.7. The highest BCUT2D eigenvalue weighted by Crippen LogP contribution is 2.36. The molecule has 6 nitrogen and oxygen atoms in total. The fraction of sp³-hybridized carbons (Fsp3) is 0.190. The minimum Gasteiger partial charge on any atom is -0.507 e. The number of benzene rings is 2. The third-order valence-electron chi connectivity index (χ3n) is 4.31. The Morgan fingerprint density at radius 2 is 1.93 bits per heavy atom. The normalized spacial score (nSPS) is 11.9. The Bertz CT molecular complexity index is 1100. The number of hydrogen-bond acceptors (Lipinski definition) is 6. The smallest absolute Gasteiger partial charge is 0.374 e. The summed E-state index contributed by atoms with van der Waals surface area (Å²) in [4.78, 5) is 36.9. The van der Waals surface area contributed by atoms with E-state index in [0.29, 0.717) is 10.9 Å². The number of ketones is 1. The Morgan fingerprint density at radius 1 is 1.18 bits per heavy atom. The Morgan fingerprint density at radius 3 is 2.64 bits per heavy atom. The first-order chi connectivity index (χ1) is 13.4. The highest BCUT2D eigenvalue weighted by atomic mass is 79.9. The second-order valence-electron chi connectivity index (χ2n) is 6.10. The van der Waals surface area contributed by atoms with Crippen LogP contribution in [0.3, 0.4) is 0 Å². The van der Waals surface area contributed by atoms with Crippen LogP contribution in [-0.4, -0.2) is 23.5 Å². The molecular formula is C21H17BrO6. The van der Waals surface area contributed by atoms with E-state index < -0.39 is 23.3 Å². The summed E-state index contributed by atoms with van der Waals surface area (Å²) in [6.07, 6.45) is -0.341. The summed E-state index contributed by atoms with van der Waals surface area (Å²) in [5.74, 6) is -2.92. The van der Waals surface area contributed by atoms with Gasteiger partial charge in [-0.3, -0.25) is 4.79 Å². The van der Waals surface area contributed by atoms with Gasteiger partial charge in [0.1, 0.15) is 11.3 Å². The molecule has 1 N–H and O–H groups in total. The second kappa shape index (κ2) is 8.39. The molecule has 0 saturated heterocycles. The Hall–Kier alpha value is -2.93. The van der Waals surface area contributed by atoms with Crippen LogP contribution >= 0.6 is 15.9 Å². The quantitative estimate of drug-likeness (QED) is 0.351. The molecule has 28 heavy (non-hydrogen) atoms. The molecule has 0 radical (unpaired) electrons. The van der Waals surface area contributed by atoms with Crippen molar-refractivity contribution in [3.63, 3.8) is 0 Å². The van der Waals surface area contributed by atoms with E-state index in [4.69, 9.17) is 9.15 Å². The lowest BCUT2D eigenvalue weighted by Gasteiger charge is -2.18. The number of halogens is 1. The topological polar surface area (TPSA) is 93.8 Å². The van der Waals surface area contributed by atoms with Gasteiger partial charge in [0.15, 0.2) is 0 Å². The molecule has 7 heteroatoms. The van der Waals surface area contributed by atoms with Gasteiger partial charge in [-0.1, -0.05) is 40.2 Å². The van der Waals surface area contributed by atoms with E-state index in [1.165, 1.54) is 0 Å². The van der Waals surface area contributed by atoms with Crippen molar-refractivity contribution in [3.8, 4) is 5.75 Å². The molecule has 0 spiro atoms. The number of esters is 1. The Balaban J connectivity index is 2.17. The zero-order valence-corrected chi connectivity index (χ0v) is 16.6. The van der Waals surface area contributed by atoms with Crippen LogP contribution < -0.4 is 5.63 Å². The summed E-state index contributed by atoms with van der Waals surface area (Å²) in [7, 11) is 0. The number of carbonyl (C=O) groups is 2. The molecule has 3 aromatic rings. The number of fused-ring (bicyclic) bond motifs is 1. The van der Waals surface area contributed by atoms with Crippen molar-refractivity contribution < 1.29 is 23.8 Å². The zero-order chi connectivity index (χ0) is 20.3. The molecule has 0 aliphatic rings. The monoisotopic (exact) mass is 444 g/mol. The van der Waals surface area contributed by atoms with Gasteiger partial charge >= 0.3 is 11.6 Å². The molecule has 144 valence electrons. The summed E-state index contributed by atoms with van der Waals surface area (Å²) in [6, 6.07) is 13.5. The van der Waals surface area contributed by atoms with Crippen LogP contribution in [0.2, 0.25) is 0 Å². The fourth-order valence-corrected chi connectivity index (χ4v) is 3.46. The number of hydrogen-bond donors (Lipinski definition) is 1. The van der Waals surface area contributed by atoms with Crippen LogP contribution in [0, 0.1) is 0 Å². The Kier molecular flexibility index (Phi) is 5.94. The molecule has 0 bridgehead atoms. The number of Topliss-reactive ketones (excluding diaryl/α,β-unsaturated/α-hetero) is 1. The molecule has 0 unspecified atom stereocenters. The van der Waals surface area contributed by atoms with E-state index in [2.05, 4.69) is 15.9 Å². The van der Waals surface area contributed by atoms with E-state index >= 15 is 0 Å². The average Bonchev–Trinajstić information content (AvgIpc) is 2.67. The minimum absolute atomic E-state index is 0.0650. The van der Waals surface area contributed by atoms with E-state index in [9.17, 15) is 19.5 Å². The van der Waals surface area contributed by atoms with Crippen LogP contribution in [0.15, 0.2) is 62.2 Å². The van der Waals surface area contributed by atoms with E-state index in [-0.39, 0.29) is 29.9 Å². The van der Waals surface area contributed by atoms with E-state index in [0.717, 1.165) is 4.47 Å². The molecule has 1 heterocycles. The predicted octanol–water partition coefficient (Wildman–Crippen LogP) is 3.92. The first kappa shape index (κ1) is 19.8. The largest absolute Gasteiger partial charge is 0.507 e. The maximum atomic E-state index is 12.7. The Labute approximate surface area is 168 Å². The van der Waals surface area contributed by atoms with Crippen molar-refractivity contribution in [3.05, 3.63) is 74.6 Å². The van der Waals surface area contributed by atoms with Crippen molar-refractivity contribution in [2.24, 2.45) is 0 Å². The molecule has 0 amide bonds. The van der Waals surface area contributed by atoms with Gasteiger partial charge < -0.3 is 14.3 Å². The summed E-state index contributed by atoms with van der Waals surface area (Å²) < 4.78 is 10.8. The van der Waals surface area contributed by atoms with Gasteiger partial charge in [0.2, 0.25) is 5.78 Å². The molecule has 1 aromatic heterocycles. The van der Waals surface area contributed by atoms with Gasteiger partial charge in [0.25, 0.3) is 0 Å². The highest BCUT2D eigenvalue weighted by molar-refractivity contribution is 9.10. The lowest BCUT2D eigenvalue weighted by molar-refractivity contribution is -0.153. The lowest BCUT2D eigenvalue weighted by Crippen LogP contribution is -2.23. The molecule has 0 aliphatic heterocycles. The van der Waals surface area contributed by atoms with Crippen molar-refractivity contribution in [1.29, 1.82) is 0 Å². The van der Waals surface area contributed by atoms with Gasteiger partial charge in [-0.25, -0.2) is 9.59 Å². The molecule has 0 saturated carbocycles. The highest BCUT2D eigenvalue weighted by Gasteiger charge is 2.29. The first-order valence-corrected chi connectivity index (χ1v) is 9.41. The number of para-hydroxylation sites is 1. The third-order valence-corrected chi connectivity index (χ3v) is 4.81. The summed E-state index contributed by atoms with van der Waals surface area (Å²) >= 11 is 3.36. The lowest BCUT2D eigenvalue weighted by atomic mass is 9.87. The third kappa shape index (κ3) is 3.99. The van der Waals surface area contributed by atoms with Crippen molar-refractivity contribution in [2.45, 2.75) is 19.3 Å². The van der Waals surface area contributed by atoms with Gasteiger partial charge in [-0.05, 0) is 36.8 Å². The van der Waals surface area contributed by atoms with Crippen LogP contribution in [-0.2, 0) is 14.3 Å². The summed E-state index contributed by atoms with van der Waals surface area (Å²) in [5, 5.41) is 11.1. The molecular weight excluding hydrogens is 428 g/mol. The maximum Gasteiger partial charge on any atom is 0.374 e. The van der Waals surface area contributed by atoms with Crippen molar-refractivity contribution >= 4 is 38.7 Å². The SMILES string of the molecule is CCOC(=O)C(=O)C[C@H](c1cccc(Br)c1)c1c(O)c2ccccc2oc1=O. The van der Waals surface area contributed by atoms with Gasteiger partial charge in [-0.2, -0.15) is 0 Å². The molecule has 0 aliphatic carbocycles. The zero-order valence-electron chi connectivity index (χ0n) is 15.0. The summed E-state index contributed by atoms with van der Waals surface area (Å²) in [6.45, 7) is 1.66.